The molecule has 2 heteroatoms. The monoisotopic (exact) mass is 620 g/mol. The summed E-state index contributed by atoms with van der Waals surface area (Å²) < 4.78 is 0. The van der Waals surface area contributed by atoms with Crippen molar-refractivity contribution in [2.75, 3.05) is 0 Å². The maximum absolute atomic E-state index is 2.33. The van der Waals surface area contributed by atoms with E-state index in [1.54, 1.807) is 0 Å². The van der Waals surface area contributed by atoms with Gasteiger partial charge in [-0.2, -0.15) is 24.3 Å². The molecule has 0 bridgehead atoms. The Morgan fingerprint density at radius 3 is 1.26 bits per heavy atom. The second kappa shape index (κ2) is 12.1. The summed E-state index contributed by atoms with van der Waals surface area (Å²) in [6, 6.07) is 46.8. The van der Waals surface area contributed by atoms with Crippen LogP contribution in [0.4, 0.5) is 0 Å². The molecule has 0 aliphatic carbocycles. The van der Waals surface area contributed by atoms with Gasteiger partial charge in [-0.1, -0.05) is 83.9 Å². The van der Waals surface area contributed by atoms with Gasteiger partial charge in [-0.05, 0) is 11.1 Å². The summed E-state index contributed by atoms with van der Waals surface area (Å²) >= 11 is 1.45. The van der Waals surface area contributed by atoms with E-state index < -0.39 is 0 Å². The molecule has 0 unspecified atom stereocenters. The van der Waals surface area contributed by atoms with Gasteiger partial charge in [0.25, 0.3) is 0 Å². The van der Waals surface area contributed by atoms with E-state index >= 15 is 0 Å². The Kier molecular flexibility index (Phi) is 8.62. The number of rotatable bonds is 2. The molecule has 6 aromatic carbocycles. The van der Waals surface area contributed by atoms with E-state index in [-0.39, 0.29) is 5.49 Å². The zero-order chi connectivity index (χ0) is 23.8. The Morgan fingerprint density at radius 1 is 0.500 bits per heavy atom. The Labute approximate surface area is 217 Å². The van der Waals surface area contributed by atoms with Crippen molar-refractivity contribution in [3.05, 3.63) is 133 Å². The third-order valence-corrected chi connectivity index (χ3v) is 5.53. The molecule has 0 N–H and O–H groups in total. The third kappa shape index (κ3) is 6.19. The van der Waals surface area contributed by atoms with Crippen molar-refractivity contribution in [3.8, 4) is 22.3 Å². The molecule has 0 heterocycles. The molecule has 0 nitrogen and oxygen atoms in total. The second-order valence-electron chi connectivity index (χ2n) is 8.40. The van der Waals surface area contributed by atoms with Gasteiger partial charge in [-0.3, -0.25) is 0 Å². The molecule has 6 rings (SSSR count). The van der Waals surface area contributed by atoms with Crippen LogP contribution in [0.5, 0.6) is 0 Å². The largest absolute Gasteiger partial charge is 0.168 e. The van der Waals surface area contributed by atoms with Crippen LogP contribution >= 0.6 is 0 Å². The Bertz CT molecular complexity index is 1360. The molecule has 0 saturated heterocycles. The third-order valence-electron chi connectivity index (χ3n) is 5.53. The summed E-state index contributed by atoms with van der Waals surface area (Å²) in [5, 5.41) is 5.31. The molecule has 0 aliphatic rings. The van der Waals surface area contributed by atoms with Gasteiger partial charge < -0.3 is 0 Å². The summed E-state index contributed by atoms with van der Waals surface area (Å²) in [4.78, 5) is 0. The number of fused-ring (bicyclic) bond motifs is 2. The maximum atomic E-state index is 2.33. The molecule has 0 spiro atoms. The molecular weight excluding hydrogens is 591 g/mol. The molecule has 0 aliphatic heterocycles. The molecule has 0 aromatic heterocycles. The van der Waals surface area contributed by atoms with Gasteiger partial charge in [-0.25, -0.2) is 0 Å². The summed E-state index contributed by atoms with van der Waals surface area (Å²) in [5.74, 6) is 0. The van der Waals surface area contributed by atoms with Crippen molar-refractivity contribution in [1.82, 2.24) is 0 Å². The minimum atomic E-state index is 0.259. The molecule has 34 heavy (non-hydrogen) atoms. The number of benzene rings is 4. The van der Waals surface area contributed by atoms with E-state index in [9.17, 15) is 0 Å². The number of hydrogen-bond acceptors (Lipinski definition) is 0. The van der Waals surface area contributed by atoms with Crippen molar-refractivity contribution < 1.29 is 23.0 Å². The van der Waals surface area contributed by atoms with Crippen molar-refractivity contribution in [2.24, 2.45) is 0 Å². The SMILES string of the molecule is C[Si](C)=[Hf+2].c1ccc(-c2cccc3[cH-]ccc23)cc1.c1ccc(-c2cccc3[cH-]ccc23)cc1. The van der Waals surface area contributed by atoms with Crippen LogP contribution in [0.2, 0.25) is 13.1 Å². The van der Waals surface area contributed by atoms with Crippen LogP contribution in [-0.2, 0) is 23.0 Å². The van der Waals surface area contributed by atoms with Gasteiger partial charge in [0, 0.05) is 0 Å². The van der Waals surface area contributed by atoms with Crippen molar-refractivity contribution >= 4 is 27.0 Å². The zero-order valence-electron chi connectivity index (χ0n) is 19.7. The predicted octanol–water partition coefficient (Wildman–Crippen LogP) is 9.24. The fourth-order valence-corrected chi connectivity index (χ4v) is 4.06. The van der Waals surface area contributed by atoms with Gasteiger partial charge in [-0.15, -0.1) is 57.9 Å². The summed E-state index contributed by atoms with van der Waals surface area (Å²) in [7, 11) is 0. The van der Waals surface area contributed by atoms with Crippen LogP contribution in [0.25, 0.3) is 43.8 Å². The first-order valence-corrected chi connectivity index (χ1v) is 19.4. The summed E-state index contributed by atoms with van der Waals surface area (Å²) in [6.45, 7) is 4.66. The van der Waals surface area contributed by atoms with E-state index in [1.165, 1.54) is 66.8 Å². The first-order valence-electron chi connectivity index (χ1n) is 11.5. The van der Waals surface area contributed by atoms with Crippen molar-refractivity contribution in [2.45, 2.75) is 13.1 Å². The number of hydrogen-bond donors (Lipinski definition) is 0. The predicted molar refractivity (Wildman–Crippen MR) is 147 cm³/mol. The van der Waals surface area contributed by atoms with E-state index in [0.29, 0.717) is 0 Å². The fourth-order valence-electron chi connectivity index (χ4n) is 4.06. The Hall–Kier alpha value is -2.81. The van der Waals surface area contributed by atoms with Crippen molar-refractivity contribution in [1.29, 1.82) is 0 Å². The zero-order valence-corrected chi connectivity index (χ0v) is 24.3. The quantitative estimate of drug-likeness (QED) is 0.134. The van der Waals surface area contributed by atoms with Crippen LogP contribution < -0.4 is 0 Å². The smallest absolute Gasteiger partial charge is 0.0279 e. The van der Waals surface area contributed by atoms with Gasteiger partial charge >= 0.3 is 41.6 Å². The molecule has 0 saturated carbocycles. The van der Waals surface area contributed by atoms with E-state index in [1.807, 2.05) is 0 Å². The first kappa shape index (κ1) is 24.3. The molecule has 164 valence electrons. The second-order valence-corrected chi connectivity index (χ2v) is 21.2. The van der Waals surface area contributed by atoms with Gasteiger partial charge in [0.15, 0.2) is 0 Å². The normalized spacial score (nSPS) is 10.2. The van der Waals surface area contributed by atoms with Gasteiger partial charge in [0.05, 0.1) is 0 Å². The Balaban J connectivity index is 0.000000140. The maximum Gasteiger partial charge on any atom is -0.0279 e. The molecule has 0 amide bonds. The van der Waals surface area contributed by atoms with E-state index in [0.717, 1.165) is 0 Å². The molecule has 0 radical (unpaired) electrons. The minimum absolute atomic E-state index is 0.259. The minimum Gasteiger partial charge on any atom is -0.168 e. The fraction of sp³-hybridized carbons (Fsp3) is 0.0625. The standard InChI is InChI=1S/2C15H11.C2H6Si.Hf/c2*1-2-6-12(7-3-1)14-10-4-8-13-9-5-11-15(13)14;1-3-2;/h2*1-11H;1-2H3;/q2*-1;;+2. The summed E-state index contributed by atoms with van der Waals surface area (Å²) in [6.07, 6.45) is 0. The van der Waals surface area contributed by atoms with E-state index in [4.69, 9.17) is 0 Å². The van der Waals surface area contributed by atoms with Crippen LogP contribution in [0.3, 0.4) is 0 Å². The topological polar surface area (TPSA) is 0 Å². The van der Waals surface area contributed by atoms with Crippen LogP contribution in [-0.4, -0.2) is 5.49 Å². The van der Waals surface area contributed by atoms with Crippen molar-refractivity contribution in [3.63, 3.8) is 0 Å². The molecule has 6 aromatic rings. The molecular formula is C32H28HfSi. The Morgan fingerprint density at radius 2 is 0.882 bits per heavy atom. The summed E-state index contributed by atoms with van der Waals surface area (Å²) in [5.41, 5.74) is 5.47. The van der Waals surface area contributed by atoms with E-state index in [2.05, 4.69) is 147 Å². The van der Waals surface area contributed by atoms with Crippen LogP contribution in [0.1, 0.15) is 0 Å². The van der Waals surface area contributed by atoms with Gasteiger partial charge in [0.2, 0.25) is 0 Å². The average molecular weight is 619 g/mol. The molecule has 0 atom stereocenters. The first-order chi connectivity index (χ1) is 16.6. The van der Waals surface area contributed by atoms with Gasteiger partial charge in [0.1, 0.15) is 0 Å². The van der Waals surface area contributed by atoms with Crippen LogP contribution in [0.15, 0.2) is 133 Å². The molecule has 0 fully saturated rings. The average Bonchev–Trinajstić information content (AvgIpc) is 3.54. The van der Waals surface area contributed by atoms with Crippen LogP contribution in [0, 0.1) is 0 Å².